The Morgan fingerprint density at radius 3 is 2.24 bits per heavy atom. The fourth-order valence-corrected chi connectivity index (χ4v) is 3.06. The van der Waals surface area contributed by atoms with Gasteiger partial charge in [-0.05, 0) is 25.3 Å². The van der Waals surface area contributed by atoms with Gasteiger partial charge in [-0.3, -0.25) is 4.79 Å². The molecule has 0 aromatic carbocycles. The molecule has 1 rings (SSSR count). The molecule has 0 heterocycles. The lowest BCUT2D eigenvalue weighted by atomic mass is 9.94. The van der Waals surface area contributed by atoms with Gasteiger partial charge in [0, 0.05) is 11.5 Å². The van der Waals surface area contributed by atoms with Crippen LogP contribution in [0.3, 0.4) is 0 Å². The van der Waals surface area contributed by atoms with Gasteiger partial charge in [0.2, 0.25) is 0 Å². The highest BCUT2D eigenvalue weighted by atomic mass is 16.1. The zero-order valence-electron chi connectivity index (χ0n) is 14.2. The van der Waals surface area contributed by atoms with Crippen molar-refractivity contribution in [3.63, 3.8) is 0 Å². The van der Waals surface area contributed by atoms with E-state index in [0.29, 0.717) is 5.92 Å². The Bertz CT molecular complexity index is 338. The standard InChI is InChI=1S/C20H34O/c1-3-5-7-9-11-12-14-18-16-17-20(21)19(18)15-13-10-8-6-4-2/h15-18H,3-14H2,1-2H3/b19-15+/t18-/m1/s1. The molecule has 1 heteroatoms. The molecule has 0 unspecified atom stereocenters. The summed E-state index contributed by atoms with van der Waals surface area (Å²) in [5.41, 5.74) is 1.08. The van der Waals surface area contributed by atoms with E-state index in [1.807, 2.05) is 0 Å². The number of unbranched alkanes of at least 4 members (excludes halogenated alkanes) is 9. The Labute approximate surface area is 131 Å². The maximum absolute atomic E-state index is 11.9. The molecule has 0 radical (unpaired) electrons. The number of allylic oxidation sites excluding steroid dienone is 4. The second-order valence-electron chi connectivity index (χ2n) is 6.40. The highest BCUT2D eigenvalue weighted by Gasteiger charge is 2.21. The van der Waals surface area contributed by atoms with Crippen LogP contribution in [-0.2, 0) is 4.79 Å². The summed E-state index contributed by atoms with van der Waals surface area (Å²) in [4.78, 5) is 11.9. The Morgan fingerprint density at radius 2 is 1.52 bits per heavy atom. The highest BCUT2D eigenvalue weighted by molar-refractivity contribution is 6.07. The van der Waals surface area contributed by atoms with Crippen LogP contribution in [0.5, 0.6) is 0 Å². The van der Waals surface area contributed by atoms with Crippen LogP contribution < -0.4 is 0 Å². The van der Waals surface area contributed by atoms with E-state index in [4.69, 9.17) is 0 Å². The van der Waals surface area contributed by atoms with Gasteiger partial charge in [-0.15, -0.1) is 0 Å². The van der Waals surface area contributed by atoms with Crippen molar-refractivity contribution in [1.29, 1.82) is 0 Å². The molecule has 0 aromatic rings. The number of hydrogen-bond acceptors (Lipinski definition) is 1. The molecule has 0 amide bonds. The summed E-state index contributed by atoms with van der Waals surface area (Å²) in [6.45, 7) is 4.49. The Hall–Kier alpha value is -0.850. The van der Waals surface area contributed by atoms with Crippen LogP contribution in [0.25, 0.3) is 0 Å². The normalized spacial score (nSPS) is 19.8. The van der Waals surface area contributed by atoms with E-state index in [-0.39, 0.29) is 5.78 Å². The van der Waals surface area contributed by atoms with Gasteiger partial charge in [0.1, 0.15) is 0 Å². The first-order chi connectivity index (χ1) is 10.3. The van der Waals surface area contributed by atoms with E-state index in [1.54, 1.807) is 6.08 Å². The van der Waals surface area contributed by atoms with Gasteiger partial charge < -0.3 is 0 Å². The smallest absolute Gasteiger partial charge is 0.181 e. The molecule has 0 saturated carbocycles. The lowest BCUT2D eigenvalue weighted by Gasteiger charge is -2.10. The molecule has 21 heavy (non-hydrogen) atoms. The van der Waals surface area contributed by atoms with Gasteiger partial charge in [0.05, 0.1) is 0 Å². The largest absolute Gasteiger partial charge is 0.290 e. The molecule has 0 aromatic heterocycles. The Morgan fingerprint density at radius 1 is 0.905 bits per heavy atom. The van der Waals surface area contributed by atoms with Crippen molar-refractivity contribution >= 4 is 5.78 Å². The van der Waals surface area contributed by atoms with E-state index >= 15 is 0 Å². The van der Waals surface area contributed by atoms with Gasteiger partial charge in [-0.25, -0.2) is 0 Å². The summed E-state index contributed by atoms with van der Waals surface area (Å²) in [5.74, 6) is 0.677. The van der Waals surface area contributed by atoms with Crippen molar-refractivity contribution in [2.75, 3.05) is 0 Å². The van der Waals surface area contributed by atoms with Crippen LogP contribution in [-0.4, -0.2) is 5.78 Å². The lowest BCUT2D eigenvalue weighted by molar-refractivity contribution is -0.111. The average molecular weight is 290 g/mol. The molecule has 1 atom stereocenters. The summed E-state index contributed by atoms with van der Waals surface area (Å²) in [7, 11) is 0. The molecule has 1 aliphatic rings. The van der Waals surface area contributed by atoms with Crippen LogP contribution in [0.2, 0.25) is 0 Å². The Balaban J connectivity index is 2.23. The highest BCUT2D eigenvalue weighted by Crippen LogP contribution is 2.27. The maximum Gasteiger partial charge on any atom is 0.181 e. The van der Waals surface area contributed by atoms with Crippen molar-refractivity contribution in [2.24, 2.45) is 5.92 Å². The quantitative estimate of drug-likeness (QED) is 0.301. The van der Waals surface area contributed by atoms with Gasteiger partial charge >= 0.3 is 0 Å². The fourth-order valence-electron chi connectivity index (χ4n) is 3.06. The van der Waals surface area contributed by atoms with E-state index in [9.17, 15) is 4.79 Å². The molecule has 120 valence electrons. The topological polar surface area (TPSA) is 17.1 Å². The molecule has 0 saturated heterocycles. The minimum Gasteiger partial charge on any atom is -0.290 e. The molecule has 0 aliphatic heterocycles. The SMILES string of the molecule is CCCCCC/C=C1/C(=O)C=C[C@H]1CCCCCCCC. The van der Waals surface area contributed by atoms with Crippen LogP contribution in [0, 0.1) is 5.92 Å². The number of ketones is 1. The van der Waals surface area contributed by atoms with E-state index < -0.39 is 0 Å². The number of carbonyl (C=O) groups is 1. The third-order valence-corrected chi connectivity index (χ3v) is 4.45. The van der Waals surface area contributed by atoms with Crippen molar-refractivity contribution in [2.45, 2.75) is 90.9 Å². The van der Waals surface area contributed by atoms with Crippen molar-refractivity contribution < 1.29 is 4.79 Å². The van der Waals surface area contributed by atoms with Gasteiger partial charge in [-0.2, -0.15) is 0 Å². The second-order valence-corrected chi connectivity index (χ2v) is 6.40. The monoisotopic (exact) mass is 290 g/mol. The van der Waals surface area contributed by atoms with Crippen LogP contribution in [0.1, 0.15) is 90.9 Å². The number of rotatable bonds is 12. The predicted octanol–water partition coefficient (Wildman–Crippen LogP) is 6.39. The lowest BCUT2D eigenvalue weighted by Crippen LogP contribution is -2.03. The van der Waals surface area contributed by atoms with Crippen molar-refractivity contribution in [3.05, 3.63) is 23.8 Å². The first kappa shape index (κ1) is 18.2. The van der Waals surface area contributed by atoms with Crippen LogP contribution in [0.15, 0.2) is 23.8 Å². The summed E-state index contributed by atoms with van der Waals surface area (Å²) in [6.07, 6.45) is 21.5. The molecular formula is C20H34O. The Kier molecular flexibility index (Phi) is 10.2. The van der Waals surface area contributed by atoms with E-state index in [0.717, 1.165) is 18.4 Å². The number of hydrogen-bond donors (Lipinski definition) is 0. The van der Waals surface area contributed by atoms with Crippen molar-refractivity contribution in [3.8, 4) is 0 Å². The maximum atomic E-state index is 11.9. The third kappa shape index (κ3) is 7.64. The molecule has 0 fully saturated rings. The molecule has 0 spiro atoms. The third-order valence-electron chi connectivity index (χ3n) is 4.45. The fraction of sp³-hybridized carbons (Fsp3) is 0.750. The minimum absolute atomic E-state index is 0.265. The second kappa shape index (κ2) is 11.8. The molecule has 1 aliphatic carbocycles. The minimum atomic E-state index is 0.265. The summed E-state index contributed by atoms with van der Waals surface area (Å²) in [5, 5.41) is 0. The first-order valence-electron chi connectivity index (χ1n) is 9.22. The zero-order chi connectivity index (χ0) is 15.3. The molecule has 0 bridgehead atoms. The van der Waals surface area contributed by atoms with Crippen LogP contribution in [0.4, 0.5) is 0 Å². The van der Waals surface area contributed by atoms with Gasteiger partial charge in [0.25, 0.3) is 0 Å². The van der Waals surface area contributed by atoms with Crippen LogP contribution >= 0.6 is 0 Å². The molecule has 1 nitrogen and oxygen atoms in total. The van der Waals surface area contributed by atoms with E-state index in [1.165, 1.54) is 64.2 Å². The van der Waals surface area contributed by atoms with Gasteiger partial charge in [-0.1, -0.05) is 83.8 Å². The van der Waals surface area contributed by atoms with Crippen molar-refractivity contribution in [1.82, 2.24) is 0 Å². The summed E-state index contributed by atoms with van der Waals surface area (Å²) >= 11 is 0. The number of carbonyl (C=O) groups excluding carboxylic acids is 1. The van der Waals surface area contributed by atoms with Gasteiger partial charge in [0.15, 0.2) is 5.78 Å². The van der Waals surface area contributed by atoms with E-state index in [2.05, 4.69) is 26.0 Å². The molecule has 0 N–H and O–H groups in total. The zero-order valence-corrected chi connectivity index (χ0v) is 14.2. The summed E-state index contributed by atoms with van der Waals surface area (Å²) in [6, 6.07) is 0. The molecular weight excluding hydrogens is 256 g/mol. The first-order valence-corrected chi connectivity index (χ1v) is 9.22. The predicted molar refractivity (Wildman–Crippen MR) is 92.5 cm³/mol. The average Bonchev–Trinajstić information content (AvgIpc) is 2.83. The summed E-state index contributed by atoms with van der Waals surface area (Å²) < 4.78 is 0.